The molecule has 0 aromatic carbocycles. The standard InChI is InChI=1S/C12H22O6S/c1-3-5-7-9-11(13)17-19(15,16)18-12(14)10-8-6-4-2/h3-10H2,1-2H3. The fourth-order valence-electron chi connectivity index (χ4n) is 1.37. The maximum Gasteiger partial charge on any atom is 0.506 e. The Morgan fingerprint density at radius 1 is 0.789 bits per heavy atom. The first-order valence-electron chi connectivity index (χ1n) is 6.60. The van der Waals surface area contributed by atoms with Gasteiger partial charge in [0.05, 0.1) is 0 Å². The van der Waals surface area contributed by atoms with E-state index in [9.17, 15) is 18.0 Å². The molecule has 0 saturated carbocycles. The van der Waals surface area contributed by atoms with Gasteiger partial charge in [0.25, 0.3) is 0 Å². The minimum Gasteiger partial charge on any atom is -0.316 e. The minimum atomic E-state index is -4.55. The molecule has 0 aromatic rings. The predicted molar refractivity (Wildman–Crippen MR) is 69.4 cm³/mol. The third-order valence-electron chi connectivity index (χ3n) is 2.36. The van der Waals surface area contributed by atoms with Crippen molar-refractivity contribution in [2.45, 2.75) is 65.2 Å². The molecule has 0 aromatic heterocycles. The van der Waals surface area contributed by atoms with Crippen LogP contribution in [-0.4, -0.2) is 20.4 Å². The molecular formula is C12H22O6S. The second-order valence-electron chi connectivity index (χ2n) is 4.23. The van der Waals surface area contributed by atoms with Crippen LogP contribution in [0.5, 0.6) is 0 Å². The molecule has 0 atom stereocenters. The quantitative estimate of drug-likeness (QED) is 0.575. The topological polar surface area (TPSA) is 86.7 Å². The molecule has 7 heteroatoms. The summed E-state index contributed by atoms with van der Waals surface area (Å²) in [5.41, 5.74) is 0. The molecule has 0 radical (unpaired) electrons. The number of hydrogen-bond acceptors (Lipinski definition) is 6. The van der Waals surface area contributed by atoms with E-state index in [2.05, 4.69) is 8.37 Å². The fourth-order valence-corrected chi connectivity index (χ4v) is 2.02. The normalized spacial score (nSPS) is 11.1. The summed E-state index contributed by atoms with van der Waals surface area (Å²) in [5, 5.41) is 0. The van der Waals surface area contributed by atoms with E-state index < -0.39 is 22.3 Å². The Balaban J connectivity index is 4.03. The van der Waals surface area contributed by atoms with E-state index in [1.54, 1.807) is 0 Å². The zero-order valence-electron chi connectivity index (χ0n) is 11.5. The molecule has 0 fully saturated rings. The van der Waals surface area contributed by atoms with E-state index >= 15 is 0 Å². The van der Waals surface area contributed by atoms with Crippen molar-refractivity contribution in [3.63, 3.8) is 0 Å². The fraction of sp³-hybridized carbons (Fsp3) is 0.833. The second kappa shape index (κ2) is 9.77. The third-order valence-corrected chi connectivity index (χ3v) is 3.14. The summed E-state index contributed by atoms with van der Waals surface area (Å²) in [5.74, 6) is -1.79. The van der Waals surface area contributed by atoms with Crippen LogP contribution in [0.25, 0.3) is 0 Å². The first-order valence-corrected chi connectivity index (χ1v) is 7.94. The summed E-state index contributed by atoms with van der Waals surface area (Å²) >= 11 is 0. The molecule has 0 aliphatic heterocycles. The van der Waals surface area contributed by atoms with Gasteiger partial charge in [-0.2, -0.15) is 0 Å². The molecule has 0 N–H and O–H groups in total. The highest BCUT2D eigenvalue weighted by atomic mass is 32.3. The van der Waals surface area contributed by atoms with Gasteiger partial charge in [0.2, 0.25) is 0 Å². The van der Waals surface area contributed by atoms with Gasteiger partial charge in [-0.1, -0.05) is 39.5 Å². The van der Waals surface area contributed by atoms with Crippen LogP contribution in [0, 0.1) is 0 Å². The average Bonchev–Trinajstić information content (AvgIpc) is 2.28. The largest absolute Gasteiger partial charge is 0.506 e. The molecule has 0 saturated heterocycles. The molecule has 0 rings (SSSR count). The number of carbonyl (C=O) groups is 2. The first-order chi connectivity index (χ1) is 8.91. The molecule has 0 aliphatic carbocycles. The molecule has 0 amide bonds. The van der Waals surface area contributed by atoms with Gasteiger partial charge in [0.1, 0.15) is 0 Å². The summed E-state index contributed by atoms with van der Waals surface area (Å²) in [6.45, 7) is 3.92. The maximum atomic E-state index is 11.2. The van der Waals surface area contributed by atoms with E-state index in [1.807, 2.05) is 13.8 Å². The number of unbranched alkanes of at least 4 members (excludes halogenated alkanes) is 4. The van der Waals surface area contributed by atoms with E-state index in [0.717, 1.165) is 25.7 Å². The van der Waals surface area contributed by atoms with Crippen molar-refractivity contribution in [2.75, 3.05) is 0 Å². The lowest BCUT2D eigenvalue weighted by atomic mass is 10.2. The van der Waals surface area contributed by atoms with Crippen LogP contribution in [0.15, 0.2) is 0 Å². The van der Waals surface area contributed by atoms with Crippen LogP contribution < -0.4 is 0 Å². The summed E-state index contributed by atoms with van der Waals surface area (Å²) in [7, 11) is -4.55. The molecule has 19 heavy (non-hydrogen) atoms. The Hall–Kier alpha value is -1.11. The predicted octanol–water partition coefficient (Wildman–Crippen LogP) is 2.48. The van der Waals surface area contributed by atoms with Gasteiger partial charge >= 0.3 is 22.3 Å². The van der Waals surface area contributed by atoms with Gasteiger partial charge < -0.3 is 8.37 Å². The molecule has 6 nitrogen and oxygen atoms in total. The Morgan fingerprint density at radius 3 is 1.47 bits per heavy atom. The molecule has 0 spiro atoms. The van der Waals surface area contributed by atoms with Crippen molar-refractivity contribution < 1.29 is 26.4 Å². The highest BCUT2D eigenvalue weighted by molar-refractivity contribution is 7.82. The number of rotatable bonds is 10. The lowest BCUT2D eigenvalue weighted by Gasteiger charge is -2.05. The van der Waals surface area contributed by atoms with Crippen LogP contribution in [0.4, 0.5) is 0 Å². The van der Waals surface area contributed by atoms with Gasteiger partial charge in [0, 0.05) is 12.8 Å². The van der Waals surface area contributed by atoms with E-state index in [-0.39, 0.29) is 12.8 Å². The smallest absolute Gasteiger partial charge is 0.316 e. The highest BCUT2D eigenvalue weighted by Crippen LogP contribution is 2.07. The SMILES string of the molecule is CCCCCC(=O)OS(=O)(=O)OC(=O)CCCCC. The molecule has 0 bridgehead atoms. The third kappa shape index (κ3) is 10.5. The van der Waals surface area contributed by atoms with Gasteiger partial charge in [-0.25, -0.2) is 0 Å². The van der Waals surface area contributed by atoms with Crippen molar-refractivity contribution in [3.05, 3.63) is 0 Å². The minimum absolute atomic E-state index is 0.000452. The molecular weight excluding hydrogens is 272 g/mol. The van der Waals surface area contributed by atoms with Crippen molar-refractivity contribution in [1.29, 1.82) is 0 Å². The molecule has 112 valence electrons. The summed E-state index contributed by atoms with van der Waals surface area (Å²) in [4.78, 5) is 22.4. The molecule has 0 heterocycles. The van der Waals surface area contributed by atoms with Crippen molar-refractivity contribution in [1.82, 2.24) is 0 Å². The van der Waals surface area contributed by atoms with Gasteiger partial charge in [-0.05, 0) is 12.8 Å². The summed E-state index contributed by atoms with van der Waals surface area (Å²) < 4.78 is 30.8. The summed E-state index contributed by atoms with van der Waals surface area (Å²) in [6.07, 6.45) is 4.54. The average molecular weight is 294 g/mol. The van der Waals surface area contributed by atoms with Crippen LogP contribution in [-0.2, 0) is 28.4 Å². The Labute approximate surface area is 114 Å². The monoisotopic (exact) mass is 294 g/mol. The molecule has 0 unspecified atom stereocenters. The van der Waals surface area contributed by atoms with Crippen molar-refractivity contribution in [2.24, 2.45) is 0 Å². The van der Waals surface area contributed by atoms with Crippen LogP contribution in [0.2, 0.25) is 0 Å². The Morgan fingerprint density at radius 2 is 1.16 bits per heavy atom. The Bertz CT molecular complexity index is 344. The van der Waals surface area contributed by atoms with E-state index in [0.29, 0.717) is 12.8 Å². The zero-order chi connectivity index (χ0) is 14.7. The van der Waals surface area contributed by atoms with Crippen molar-refractivity contribution >= 4 is 22.3 Å². The lowest BCUT2D eigenvalue weighted by Crippen LogP contribution is -2.19. The van der Waals surface area contributed by atoms with Gasteiger partial charge in [-0.15, -0.1) is 8.42 Å². The van der Waals surface area contributed by atoms with Crippen LogP contribution >= 0.6 is 0 Å². The highest BCUT2D eigenvalue weighted by Gasteiger charge is 2.22. The summed E-state index contributed by atoms with van der Waals surface area (Å²) in [6, 6.07) is 0. The lowest BCUT2D eigenvalue weighted by molar-refractivity contribution is -0.137. The van der Waals surface area contributed by atoms with Gasteiger partial charge in [-0.3, -0.25) is 9.59 Å². The zero-order valence-corrected chi connectivity index (χ0v) is 12.3. The number of carbonyl (C=O) groups excluding carboxylic acids is 2. The molecule has 0 aliphatic rings. The van der Waals surface area contributed by atoms with Crippen LogP contribution in [0.3, 0.4) is 0 Å². The first kappa shape index (κ1) is 17.9. The number of hydrogen-bond donors (Lipinski definition) is 0. The van der Waals surface area contributed by atoms with Gasteiger partial charge in [0.15, 0.2) is 0 Å². The van der Waals surface area contributed by atoms with E-state index in [4.69, 9.17) is 0 Å². The van der Waals surface area contributed by atoms with Crippen molar-refractivity contribution in [3.8, 4) is 0 Å². The second-order valence-corrected chi connectivity index (χ2v) is 5.38. The van der Waals surface area contributed by atoms with E-state index in [1.165, 1.54) is 0 Å². The Kier molecular flexibility index (Phi) is 9.20. The maximum absolute atomic E-state index is 11.2. The van der Waals surface area contributed by atoms with Crippen LogP contribution in [0.1, 0.15) is 65.2 Å².